The van der Waals surface area contributed by atoms with E-state index in [1.54, 1.807) is 24.5 Å². The molecule has 1 unspecified atom stereocenters. The Bertz CT molecular complexity index is 655. The number of esters is 1. The average molecular weight is 255 g/mol. The summed E-state index contributed by atoms with van der Waals surface area (Å²) in [7, 11) is 0. The summed E-state index contributed by atoms with van der Waals surface area (Å²) in [5.41, 5.74) is 6.97. The number of aromatic nitrogens is 1. The van der Waals surface area contributed by atoms with E-state index in [1.165, 1.54) is 0 Å². The maximum absolute atomic E-state index is 11.8. The normalized spacial score (nSPS) is 21.6. The Morgan fingerprint density at radius 1 is 1.53 bits per heavy atom. The molecule has 1 aromatic rings. The molecule has 3 heterocycles. The maximum atomic E-state index is 11.8. The van der Waals surface area contributed by atoms with E-state index in [2.05, 4.69) is 4.98 Å². The lowest BCUT2D eigenvalue weighted by Gasteiger charge is -2.22. The summed E-state index contributed by atoms with van der Waals surface area (Å²) in [6.45, 7) is 0.0460. The molecule has 94 valence electrons. The fourth-order valence-electron chi connectivity index (χ4n) is 2.24. The molecule has 0 bridgehead atoms. The Labute approximate surface area is 108 Å². The molecular weight excluding hydrogens is 246 g/mol. The largest absolute Gasteiger partial charge is 0.454 e. The van der Waals surface area contributed by atoms with Crippen molar-refractivity contribution in [3.63, 3.8) is 0 Å². The zero-order chi connectivity index (χ0) is 13.4. The van der Waals surface area contributed by atoms with E-state index in [1.807, 2.05) is 6.07 Å². The zero-order valence-corrected chi connectivity index (χ0v) is 9.79. The van der Waals surface area contributed by atoms with Crippen LogP contribution in [0.15, 0.2) is 47.3 Å². The van der Waals surface area contributed by atoms with Crippen LogP contribution < -0.4 is 5.73 Å². The van der Waals surface area contributed by atoms with Crippen LogP contribution in [0.2, 0.25) is 0 Å². The summed E-state index contributed by atoms with van der Waals surface area (Å²) in [4.78, 5) is 15.8. The third-order valence-electron chi connectivity index (χ3n) is 3.07. The number of allylic oxidation sites excluding steroid dienone is 1. The highest BCUT2D eigenvalue weighted by Crippen LogP contribution is 2.41. The van der Waals surface area contributed by atoms with Gasteiger partial charge in [-0.25, -0.2) is 4.79 Å². The molecule has 0 radical (unpaired) electrons. The molecule has 0 fully saturated rings. The third kappa shape index (κ3) is 1.64. The Morgan fingerprint density at radius 3 is 3.05 bits per heavy atom. The van der Waals surface area contributed by atoms with E-state index in [-0.39, 0.29) is 18.1 Å². The van der Waals surface area contributed by atoms with E-state index in [4.69, 9.17) is 15.2 Å². The van der Waals surface area contributed by atoms with Crippen molar-refractivity contribution in [1.82, 2.24) is 4.98 Å². The van der Waals surface area contributed by atoms with Gasteiger partial charge in [-0.1, -0.05) is 6.07 Å². The molecule has 6 heteroatoms. The van der Waals surface area contributed by atoms with Gasteiger partial charge in [0.1, 0.15) is 18.2 Å². The number of carbonyl (C=O) groups is 1. The van der Waals surface area contributed by atoms with Crippen molar-refractivity contribution in [1.29, 1.82) is 5.26 Å². The second kappa shape index (κ2) is 4.14. The lowest BCUT2D eigenvalue weighted by Crippen LogP contribution is -2.21. The molecule has 2 aliphatic heterocycles. The fraction of sp³-hybridized carbons (Fsp3) is 0.154. The van der Waals surface area contributed by atoms with Crippen LogP contribution in [0.4, 0.5) is 0 Å². The van der Waals surface area contributed by atoms with Crippen molar-refractivity contribution in [2.75, 3.05) is 6.61 Å². The Morgan fingerprint density at radius 2 is 2.37 bits per heavy atom. The smallest absolute Gasteiger partial charge is 0.339 e. The van der Waals surface area contributed by atoms with Gasteiger partial charge in [-0.3, -0.25) is 4.98 Å². The fourth-order valence-corrected chi connectivity index (χ4v) is 2.24. The second-order valence-corrected chi connectivity index (χ2v) is 4.12. The lowest BCUT2D eigenvalue weighted by atomic mass is 9.84. The molecule has 0 saturated heterocycles. The van der Waals surface area contributed by atoms with Crippen LogP contribution >= 0.6 is 0 Å². The quantitative estimate of drug-likeness (QED) is 0.742. The van der Waals surface area contributed by atoms with E-state index in [0.29, 0.717) is 16.9 Å². The molecule has 0 amide bonds. The van der Waals surface area contributed by atoms with E-state index < -0.39 is 11.9 Å². The summed E-state index contributed by atoms with van der Waals surface area (Å²) in [6, 6.07) is 5.51. The maximum Gasteiger partial charge on any atom is 0.339 e. The molecule has 1 aromatic heterocycles. The van der Waals surface area contributed by atoms with Crippen molar-refractivity contribution in [3.05, 3.63) is 52.9 Å². The number of nitrogens with two attached hydrogens (primary N) is 1. The first-order chi connectivity index (χ1) is 9.22. The third-order valence-corrected chi connectivity index (χ3v) is 3.07. The van der Waals surface area contributed by atoms with Crippen LogP contribution in [0.3, 0.4) is 0 Å². The van der Waals surface area contributed by atoms with Gasteiger partial charge in [0.15, 0.2) is 5.76 Å². The predicted molar refractivity (Wildman–Crippen MR) is 62.9 cm³/mol. The minimum Gasteiger partial charge on any atom is -0.454 e. The van der Waals surface area contributed by atoms with Crippen LogP contribution in [-0.4, -0.2) is 17.6 Å². The molecule has 0 saturated carbocycles. The van der Waals surface area contributed by atoms with Crippen LogP contribution in [0.1, 0.15) is 11.5 Å². The summed E-state index contributed by atoms with van der Waals surface area (Å²) in [5.74, 6) is -0.676. The SMILES string of the molecule is N#CC1=C(N)OC2=C(C(=O)OC2)C1c1cccnc1. The molecular formula is C13H9N3O3. The number of nitriles is 1. The van der Waals surface area contributed by atoms with Gasteiger partial charge < -0.3 is 15.2 Å². The summed E-state index contributed by atoms with van der Waals surface area (Å²) in [5, 5.41) is 9.24. The van der Waals surface area contributed by atoms with E-state index in [0.717, 1.165) is 0 Å². The zero-order valence-electron chi connectivity index (χ0n) is 9.79. The Balaban J connectivity index is 2.18. The number of carbonyl (C=O) groups excluding carboxylic acids is 1. The van der Waals surface area contributed by atoms with Gasteiger partial charge in [-0.15, -0.1) is 0 Å². The van der Waals surface area contributed by atoms with Gasteiger partial charge in [-0.2, -0.15) is 5.26 Å². The number of cyclic esters (lactones) is 1. The van der Waals surface area contributed by atoms with Crippen molar-refractivity contribution in [3.8, 4) is 6.07 Å². The predicted octanol–water partition coefficient (Wildman–Crippen LogP) is 0.700. The lowest BCUT2D eigenvalue weighted by molar-refractivity contribution is -0.136. The van der Waals surface area contributed by atoms with Crippen molar-refractivity contribution in [2.24, 2.45) is 5.73 Å². The Kier molecular flexibility index (Phi) is 2.46. The minimum atomic E-state index is -0.572. The highest BCUT2D eigenvalue weighted by molar-refractivity contribution is 5.94. The van der Waals surface area contributed by atoms with Crippen LogP contribution in [0.25, 0.3) is 0 Å². The topological polar surface area (TPSA) is 98.2 Å². The highest BCUT2D eigenvalue weighted by atomic mass is 16.6. The minimum absolute atomic E-state index is 0.00778. The van der Waals surface area contributed by atoms with Gasteiger partial charge in [0.2, 0.25) is 5.88 Å². The van der Waals surface area contributed by atoms with Gasteiger partial charge in [0.25, 0.3) is 0 Å². The molecule has 0 aromatic carbocycles. The number of nitrogens with zero attached hydrogens (tertiary/aromatic N) is 2. The molecule has 2 N–H and O–H groups in total. The van der Waals surface area contributed by atoms with Crippen LogP contribution in [0, 0.1) is 11.3 Å². The average Bonchev–Trinajstić information content (AvgIpc) is 2.79. The van der Waals surface area contributed by atoms with E-state index >= 15 is 0 Å². The molecule has 1 atom stereocenters. The molecule has 19 heavy (non-hydrogen) atoms. The number of ether oxygens (including phenoxy) is 2. The number of hydrogen-bond acceptors (Lipinski definition) is 6. The summed E-state index contributed by atoms with van der Waals surface area (Å²) >= 11 is 0. The van der Waals surface area contributed by atoms with Crippen molar-refractivity contribution >= 4 is 5.97 Å². The number of pyridine rings is 1. The second-order valence-electron chi connectivity index (χ2n) is 4.12. The van der Waals surface area contributed by atoms with Gasteiger partial charge in [-0.05, 0) is 11.6 Å². The first-order valence-electron chi connectivity index (χ1n) is 5.60. The summed E-state index contributed by atoms with van der Waals surface area (Å²) < 4.78 is 10.2. The van der Waals surface area contributed by atoms with Gasteiger partial charge in [0, 0.05) is 12.4 Å². The molecule has 3 rings (SSSR count). The van der Waals surface area contributed by atoms with E-state index in [9.17, 15) is 10.1 Å². The molecule has 0 aliphatic carbocycles. The van der Waals surface area contributed by atoms with Crippen molar-refractivity contribution < 1.29 is 14.3 Å². The number of rotatable bonds is 1. The molecule has 2 aliphatic rings. The first-order valence-corrected chi connectivity index (χ1v) is 5.60. The van der Waals surface area contributed by atoms with Crippen LogP contribution in [-0.2, 0) is 14.3 Å². The van der Waals surface area contributed by atoms with Crippen LogP contribution in [0.5, 0.6) is 0 Å². The monoisotopic (exact) mass is 255 g/mol. The highest BCUT2D eigenvalue weighted by Gasteiger charge is 2.41. The summed E-state index contributed by atoms with van der Waals surface area (Å²) in [6.07, 6.45) is 3.21. The van der Waals surface area contributed by atoms with Gasteiger partial charge in [0.05, 0.1) is 11.5 Å². The molecule has 6 nitrogen and oxygen atoms in total. The van der Waals surface area contributed by atoms with Crippen molar-refractivity contribution in [2.45, 2.75) is 5.92 Å². The Hall–Kier alpha value is -2.81. The standard InChI is InChI=1S/C13H9N3O3/c14-4-8-10(7-2-1-3-16-5-7)11-9(19-12(8)15)6-18-13(11)17/h1-3,5,10H,6,15H2. The molecule has 0 spiro atoms. The van der Waals surface area contributed by atoms with Gasteiger partial charge >= 0.3 is 5.97 Å². The first kappa shape index (κ1) is 11.3. The number of hydrogen-bond donors (Lipinski definition) is 1.